The molecule has 1 aliphatic heterocycles. The van der Waals surface area contributed by atoms with Crippen LogP contribution in [0.25, 0.3) is 0 Å². The Hall–Kier alpha value is -0.960. The van der Waals surface area contributed by atoms with Crippen LogP contribution in [0.3, 0.4) is 0 Å². The van der Waals surface area contributed by atoms with Gasteiger partial charge in [0.15, 0.2) is 0 Å². The van der Waals surface area contributed by atoms with Crippen LogP contribution >= 0.6 is 11.6 Å². The van der Waals surface area contributed by atoms with Crippen molar-refractivity contribution in [3.8, 4) is 0 Å². The van der Waals surface area contributed by atoms with E-state index in [0.29, 0.717) is 11.4 Å². The number of carbonyl (C=O) groups is 1. The second-order valence-electron chi connectivity index (χ2n) is 4.17. The van der Waals surface area contributed by atoms with Crippen LogP contribution in [0.2, 0.25) is 0 Å². The zero-order valence-corrected chi connectivity index (χ0v) is 9.95. The van der Waals surface area contributed by atoms with E-state index in [1.165, 1.54) is 18.9 Å². The zero-order valence-electron chi connectivity index (χ0n) is 9.19. The maximum Gasteiger partial charge on any atom is 0.257 e. The number of hydrogen-bond donors (Lipinski definition) is 0. The van der Waals surface area contributed by atoms with Crippen molar-refractivity contribution in [2.24, 2.45) is 0 Å². The van der Waals surface area contributed by atoms with Gasteiger partial charge in [-0.25, -0.2) is 0 Å². The molecular weight excluding hydrogens is 226 g/mol. The van der Waals surface area contributed by atoms with Crippen LogP contribution in [0.15, 0.2) is 23.0 Å². The SMILES string of the molecule is O=C(c1ccoc1)N1CCCCCC1CCl. The van der Waals surface area contributed by atoms with E-state index < -0.39 is 0 Å². The molecule has 1 saturated heterocycles. The maximum absolute atomic E-state index is 12.2. The first-order valence-corrected chi connectivity index (χ1v) is 6.25. The average molecular weight is 242 g/mol. The summed E-state index contributed by atoms with van der Waals surface area (Å²) in [5.41, 5.74) is 0.622. The number of likely N-dealkylation sites (tertiary alicyclic amines) is 1. The number of alkyl halides is 1. The second-order valence-corrected chi connectivity index (χ2v) is 4.48. The third kappa shape index (κ3) is 2.40. The van der Waals surface area contributed by atoms with E-state index in [4.69, 9.17) is 16.0 Å². The van der Waals surface area contributed by atoms with E-state index in [2.05, 4.69) is 0 Å². The van der Waals surface area contributed by atoms with Crippen molar-refractivity contribution in [3.63, 3.8) is 0 Å². The van der Waals surface area contributed by atoms with Crippen molar-refractivity contribution in [2.75, 3.05) is 12.4 Å². The van der Waals surface area contributed by atoms with Crippen LogP contribution in [0.1, 0.15) is 36.0 Å². The minimum atomic E-state index is 0.0429. The van der Waals surface area contributed by atoms with E-state index in [1.54, 1.807) is 6.07 Å². The minimum absolute atomic E-state index is 0.0429. The molecule has 1 aromatic rings. The quantitative estimate of drug-likeness (QED) is 0.746. The molecule has 1 fully saturated rings. The monoisotopic (exact) mass is 241 g/mol. The number of rotatable bonds is 2. The van der Waals surface area contributed by atoms with Gasteiger partial charge in [0.1, 0.15) is 6.26 Å². The fourth-order valence-corrected chi connectivity index (χ4v) is 2.48. The van der Waals surface area contributed by atoms with E-state index >= 15 is 0 Å². The summed E-state index contributed by atoms with van der Waals surface area (Å²) in [7, 11) is 0. The number of furan rings is 1. The first-order valence-electron chi connectivity index (χ1n) is 5.72. The predicted octanol–water partition coefficient (Wildman–Crippen LogP) is 2.90. The number of amides is 1. The van der Waals surface area contributed by atoms with Gasteiger partial charge in [0.25, 0.3) is 5.91 Å². The Balaban J connectivity index is 2.13. The molecule has 4 heteroatoms. The molecule has 1 unspecified atom stereocenters. The summed E-state index contributed by atoms with van der Waals surface area (Å²) in [5, 5.41) is 0. The van der Waals surface area contributed by atoms with Gasteiger partial charge >= 0.3 is 0 Å². The highest BCUT2D eigenvalue weighted by Crippen LogP contribution is 2.20. The topological polar surface area (TPSA) is 33.5 Å². The molecule has 0 saturated carbocycles. The molecule has 0 bridgehead atoms. The fraction of sp³-hybridized carbons (Fsp3) is 0.583. The average Bonchev–Trinajstić information content (AvgIpc) is 2.73. The van der Waals surface area contributed by atoms with Crippen LogP contribution in [0.5, 0.6) is 0 Å². The van der Waals surface area contributed by atoms with Crippen LogP contribution < -0.4 is 0 Å². The van der Waals surface area contributed by atoms with Crippen LogP contribution in [-0.4, -0.2) is 29.3 Å². The molecule has 0 aromatic carbocycles. The number of halogens is 1. The van der Waals surface area contributed by atoms with Gasteiger partial charge < -0.3 is 9.32 Å². The predicted molar refractivity (Wildman–Crippen MR) is 62.7 cm³/mol. The van der Waals surface area contributed by atoms with Crippen molar-refractivity contribution in [3.05, 3.63) is 24.2 Å². The van der Waals surface area contributed by atoms with Gasteiger partial charge in [-0.05, 0) is 18.9 Å². The van der Waals surface area contributed by atoms with Gasteiger partial charge in [-0.1, -0.05) is 12.8 Å². The lowest BCUT2D eigenvalue weighted by Crippen LogP contribution is -2.40. The standard InChI is InChI=1S/C12H16ClNO2/c13-8-11-4-2-1-3-6-14(11)12(15)10-5-7-16-9-10/h5,7,9,11H,1-4,6,8H2. The van der Waals surface area contributed by atoms with Crippen molar-refractivity contribution >= 4 is 17.5 Å². The van der Waals surface area contributed by atoms with E-state index in [9.17, 15) is 4.79 Å². The van der Waals surface area contributed by atoms with Crippen molar-refractivity contribution in [2.45, 2.75) is 31.7 Å². The first kappa shape index (κ1) is 11.5. The molecular formula is C12H16ClNO2. The molecule has 0 radical (unpaired) electrons. The third-order valence-electron chi connectivity index (χ3n) is 3.08. The summed E-state index contributed by atoms with van der Waals surface area (Å²) in [6.07, 6.45) is 7.44. The normalized spacial score (nSPS) is 21.8. The lowest BCUT2D eigenvalue weighted by atomic mass is 10.1. The first-order chi connectivity index (χ1) is 7.83. The van der Waals surface area contributed by atoms with Gasteiger partial charge in [0.2, 0.25) is 0 Å². The van der Waals surface area contributed by atoms with Gasteiger partial charge in [-0.2, -0.15) is 0 Å². The lowest BCUT2D eigenvalue weighted by molar-refractivity contribution is 0.0699. The van der Waals surface area contributed by atoms with Crippen molar-refractivity contribution in [1.29, 1.82) is 0 Å². The molecule has 0 N–H and O–H groups in total. The van der Waals surface area contributed by atoms with E-state index in [0.717, 1.165) is 25.8 Å². The zero-order chi connectivity index (χ0) is 11.4. The summed E-state index contributed by atoms with van der Waals surface area (Å²) in [5.74, 6) is 0.560. The Morgan fingerprint density at radius 3 is 3.06 bits per heavy atom. The largest absolute Gasteiger partial charge is 0.472 e. The molecule has 1 aliphatic rings. The van der Waals surface area contributed by atoms with Gasteiger partial charge in [-0.3, -0.25) is 4.79 Å². The van der Waals surface area contributed by atoms with Gasteiger partial charge in [0, 0.05) is 18.5 Å². The molecule has 16 heavy (non-hydrogen) atoms. The minimum Gasteiger partial charge on any atom is -0.472 e. The highest BCUT2D eigenvalue weighted by Gasteiger charge is 2.25. The van der Waals surface area contributed by atoms with Gasteiger partial charge in [-0.15, -0.1) is 11.6 Å². The lowest BCUT2D eigenvalue weighted by Gasteiger charge is -2.28. The van der Waals surface area contributed by atoms with Crippen LogP contribution in [-0.2, 0) is 0 Å². The van der Waals surface area contributed by atoms with Crippen molar-refractivity contribution in [1.82, 2.24) is 4.90 Å². The second kappa shape index (κ2) is 5.39. The highest BCUT2D eigenvalue weighted by molar-refractivity contribution is 6.18. The molecule has 88 valence electrons. The number of nitrogens with zero attached hydrogens (tertiary/aromatic N) is 1. The summed E-state index contributed by atoms with van der Waals surface area (Å²) < 4.78 is 4.95. The maximum atomic E-state index is 12.2. The summed E-state index contributed by atoms with van der Waals surface area (Å²) in [6.45, 7) is 0.807. The van der Waals surface area contributed by atoms with Crippen LogP contribution in [0, 0.1) is 0 Å². The Bertz CT molecular complexity index is 337. The Morgan fingerprint density at radius 1 is 1.50 bits per heavy atom. The Kier molecular flexibility index (Phi) is 3.88. The summed E-state index contributed by atoms with van der Waals surface area (Å²) in [4.78, 5) is 14.1. The molecule has 0 spiro atoms. The summed E-state index contributed by atoms with van der Waals surface area (Å²) >= 11 is 5.94. The highest BCUT2D eigenvalue weighted by atomic mass is 35.5. The molecule has 2 heterocycles. The molecule has 1 amide bonds. The Morgan fingerprint density at radius 2 is 2.38 bits per heavy atom. The summed E-state index contributed by atoms with van der Waals surface area (Å²) in [6, 6.07) is 1.88. The van der Waals surface area contributed by atoms with Crippen molar-refractivity contribution < 1.29 is 9.21 Å². The molecule has 1 atom stereocenters. The molecule has 2 rings (SSSR count). The number of carbonyl (C=O) groups excluding carboxylic acids is 1. The van der Waals surface area contributed by atoms with E-state index in [1.807, 2.05) is 4.90 Å². The third-order valence-corrected chi connectivity index (χ3v) is 3.44. The van der Waals surface area contributed by atoms with Crippen LogP contribution in [0.4, 0.5) is 0 Å². The fourth-order valence-electron chi connectivity index (χ4n) is 2.16. The molecule has 1 aromatic heterocycles. The van der Waals surface area contributed by atoms with Gasteiger partial charge in [0.05, 0.1) is 11.8 Å². The smallest absolute Gasteiger partial charge is 0.257 e. The molecule has 3 nitrogen and oxygen atoms in total. The molecule has 0 aliphatic carbocycles. The Labute approximate surface area is 100 Å². The van der Waals surface area contributed by atoms with E-state index in [-0.39, 0.29) is 11.9 Å². The number of hydrogen-bond acceptors (Lipinski definition) is 2.